The third kappa shape index (κ3) is 3.44. The van der Waals surface area contributed by atoms with Crippen LogP contribution in [0.5, 0.6) is 0 Å². The lowest BCUT2D eigenvalue weighted by molar-refractivity contribution is 0.576. The fourth-order valence-electron chi connectivity index (χ4n) is 1.98. The van der Waals surface area contributed by atoms with E-state index in [2.05, 4.69) is 53.9 Å². The maximum Gasteiger partial charge on any atom is 0.0537 e. The van der Waals surface area contributed by atoms with Crippen LogP contribution >= 0.6 is 0 Å². The second-order valence-corrected chi connectivity index (χ2v) is 4.64. The van der Waals surface area contributed by atoms with Crippen LogP contribution in [-0.4, -0.2) is 16.8 Å². The van der Waals surface area contributed by atoms with E-state index >= 15 is 0 Å². The fourth-order valence-corrected chi connectivity index (χ4v) is 1.98. The van der Waals surface area contributed by atoms with Crippen LogP contribution < -0.4 is 5.32 Å². The van der Waals surface area contributed by atoms with E-state index in [0.717, 1.165) is 19.4 Å². The minimum Gasteiger partial charge on any atom is -0.313 e. The van der Waals surface area contributed by atoms with Crippen molar-refractivity contribution in [1.29, 1.82) is 0 Å². The lowest BCUT2D eigenvalue weighted by Gasteiger charge is -2.06. The summed E-state index contributed by atoms with van der Waals surface area (Å²) < 4.78 is 2.03. The molecule has 18 heavy (non-hydrogen) atoms. The molecule has 0 saturated heterocycles. The van der Waals surface area contributed by atoms with Gasteiger partial charge in [-0.15, -0.1) is 0 Å². The highest BCUT2D eigenvalue weighted by Gasteiger charge is 2.05. The van der Waals surface area contributed by atoms with Gasteiger partial charge in [-0.3, -0.25) is 4.68 Å². The molecule has 96 valence electrons. The molecule has 1 heterocycles. The van der Waals surface area contributed by atoms with Gasteiger partial charge < -0.3 is 5.32 Å². The van der Waals surface area contributed by atoms with E-state index in [4.69, 9.17) is 0 Å². The molecule has 0 spiro atoms. The maximum atomic E-state index is 4.39. The predicted octanol–water partition coefficient (Wildman–Crippen LogP) is 2.80. The van der Waals surface area contributed by atoms with Crippen LogP contribution in [0.1, 0.15) is 30.5 Å². The summed E-state index contributed by atoms with van der Waals surface area (Å²) >= 11 is 0. The number of hydrogen-bond acceptors (Lipinski definition) is 2. The van der Waals surface area contributed by atoms with Crippen molar-refractivity contribution in [2.45, 2.75) is 32.4 Å². The van der Waals surface area contributed by atoms with E-state index in [0.29, 0.717) is 6.04 Å². The molecule has 0 radical (unpaired) electrons. The molecule has 0 amide bonds. The number of rotatable bonds is 6. The molecule has 0 aliphatic heterocycles. The first-order valence-corrected chi connectivity index (χ1v) is 6.53. The molecule has 1 atom stereocenters. The first kappa shape index (κ1) is 12.8. The average Bonchev–Trinajstić information content (AvgIpc) is 2.88. The number of hydrogen-bond donors (Lipinski definition) is 1. The molecular formula is C15H21N3. The van der Waals surface area contributed by atoms with Crippen molar-refractivity contribution < 1.29 is 0 Å². The molecule has 0 fully saturated rings. The van der Waals surface area contributed by atoms with Gasteiger partial charge in [-0.2, -0.15) is 5.10 Å². The zero-order valence-electron chi connectivity index (χ0n) is 11.1. The van der Waals surface area contributed by atoms with Crippen molar-refractivity contribution in [1.82, 2.24) is 15.1 Å². The average molecular weight is 243 g/mol. The summed E-state index contributed by atoms with van der Waals surface area (Å²) in [5.41, 5.74) is 2.64. The van der Waals surface area contributed by atoms with Crippen molar-refractivity contribution in [3.8, 4) is 0 Å². The largest absolute Gasteiger partial charge is 0.313 e. The summed E-state index contributed by atoms with van der Waals surface area (Å²) in [5, 5.41) is 7.62. The first-order chi connectivity index (χ1) is 8.79. The Morgan fingerprint density at radius 1 is 1.28 bits per heavy atom. The summed E-state index contributed by atoms with van der Waals surface area (Å²) in [7, 11) is 1.97. The molecule has 0 saturated carbocycles. The zero-order chi connectivity index (χ0) is 12.8. The molecule has 3 heteroatoms. The fraction of sp³-hybridized carbons (Fsp3) is 0.400. The van der Waals surface area contributed by atoms with Gasteiger partial charge in [0, 0.05) is 24.3 Å². The van der Waals surface area contributed by atoms with Crippen LogP contribution in [0.15, 0.2) is 42.7 Å². The predicted molar refractivity (Wildman–Crippen MR) is 74.5 cm³/mol. The van der Waals surface area contributed by atoms with Gasteiger partial charge >= 0.3 is 0 Å². The Hall–Kier alpha value is -1.61. The third-order valence-electron chi connectivity index (χ3n) is 3.28. The van der Waals surface area contributed by atoms with Crippen molar-refractivity contribution in [2.24, 2.45) is 0 Å². The quantitative estimate of drug-likeness (QED) is 0.845. The SMILES string of the molecule is CNC(C)c1cnn(CCCc2ccccc2)c1. The van der Waals surface area contributed by atoms with Gasteiger partial charge in [0.15, 0.2) is 0 Å². The highest BCUT2D eigenvalue weighted by atomic mass is 15.3. The smallest absolute Gasteiger partial charge is 0.0537 e. The molecule has 2 aromatic rings. The highest BCUT2D eigenvalue weighted by molar-refractivity contribution is 5.14. The minimum atomic E-state index is 0.368. The Balaban J connectivity index is 1.82. The second kappa shape index (κ2) is 6.36. The molecule has 0 aliphatic carbocycles. The van der Waals surface area contributed by atoms with Gasteiger partial charge in [-0.1, -0.05) is 30.3 Å². The Labute approximate surface area is 109 Å². The lowest BCUT2D eigenvalue weighted by atomic mass is 10.1. The molecule has 1 N–H and O–H groups in total. The van der Waals surface area contributed by atoms with Gasteiger partial charge in [0.1, 0.15) is 0 Å². The van der Waals surface area contributed by atoms with Crippen LogP contribution in [0.25, 0.3) is 0 Å². The Morgan fingerprint density at radius 3 is 2.78 bits per heavy atom. The van der Waals surface area contributed by atoms with Gasteiger partial charge in [0.25, 0.3) is 0 Å². The van der Waals surface area contributed by atoms with E-state index in [-0.39, 0.29) is 0 Å². The van der Waals surface area contributed by atoms with E-state index in [1.54, 1.807) is 0 Å². The number of aryl methyl sites for hydroxylation is 2. The van der Waals surface area contributed by atoms with E-state index in [1.807, 2.05) is 17.9 Å². The Kier molecular flexibility index (Phi) is 4.53. The molecule has 1 aromatic carbocycles. The lowest BCUT2D eigenvalue weighted by Crippen LogP contribution is -2.11. The Morgan fingerprint density at radius 2 is 2.06 bits per heavy atom. The van der Waals surface area contributed by atoms with Crippen molar-refractivity contribution in [3.05, 3.63) is 53.9 Å². The number of nitrogens with one attached hydrogen (secondary N) is 1. The standard InChI is InChI=1S/C15H21N3/c1-13(16-2)15-11-17-18(12-15)10-6-9-14-7-4-3-5-8-14/h3-5,7-8,11-13,16H,6,9-10H2,1-2H3. The van der Waals surface area contributed by atoms with Crippen molar-refractivity contribution in [2.75, 3.05) is 7.05 Å². The first-order valence-electron chi connectivity index (χ1n) is 6.53. The third-order valence-corrected chi connectivity index (χ3v) is 3.28. The van der Waals surface area contributed by atoms with E-state index in [9.17, 15) is 0 Å². The molecule has 0 bridgehead atoms. The molecule has 1 aromatic heterocycles. The summed E-state index contributed by atoms with van der Waals surface area (Å²) in [6.45, 7) is 3.12. The summed E-state index contributed by atoms with van der Waals surface area (Å²) in [4.78, 5) is 0. The number of aromatic nitrogens is 2. The van der Waals surface area contributed by atoms with Crippen LogP contribution in [0.2, 0.25) is 0 Å². The zero-order valence-corrected chi connectivity index (χ0v) is 11.1. The molecule has 3 nitrogen and oxygen atoms in total. The minimum absolute atomic E-state index is 0.368. The molecule has 1 unspecified atom stereocenters. The monoisotopic (exact) mass is 243 g/mol. The van der Waals surface area contributed by atoms with E-state index in [1.165, 1.54) is 11.1 Å². The molecule has 2 rings (SSSR count). The number of nitrogens with zero attached hydrogens (tertiary/aromatic N) is 2. The summed E-state index contributed by atoms with van der Waals surface area (Å²) in [6.07, 6.45) is 6.31. The van der Waals surface area contributed by atoms with Crippen molar-refractivity contribution in [3.63, 3.8) is 0 Å². The van der Waals surface area contributed by atoms with Crippen LogP contribution in [0.4, 0.5) is 0 Å². The van der Waals surface area contributed by atoms with E-state index < -0.39 is 0 Å². The second-order valence-electron chi connectivity index (χ2n) is 4.64. The summed E-state index contributed by atoms with van der Waals surface area (Å²) in [5.74, 6) is 0. The maximum absolute atomic E-state index is 4.39. The summed E-state index contributed by atoms with van der Waals surface area (Å²) in [6, 6.07) is 11.0. The highest BCUT2D eigenvalue weighted by Crippen LogP contribution is 2.10. The van der Waals surface area contributed by atoms with Gasteiger partial charge in [0.05, 0.1) is 6.20 Å². The van der Waals surface area contributed by atoms with Gasteiger partial charge in [0.2, 0.25) is 0 Å². The normalized spacial score (nSPS) is 12.6. The Bertz CT molecular complexity index is 462. The van der Waals surface area contributed by atoms with Gasteiger partial charge in [-0.25, -0.2) is 0 Å². The van der Waals surface area contributed by atoms with Crippen LogP contribution in [0.3, 0.4) is 0 Å². The van der Waals surface area contributed by atoms with Crippen molar-refractivity contribution >= 4 is 0 Å². The molecular weight excluding hydrogens is 222 g/mol. The van der Waals surface area contributed by atoms with Crippen LogP contribution in [-0.2, 0) is 13.0 Å². The number of benzene rings is 1. The molecule has 0 aliphatic rings. The topological polar surface area (TPSA) is 29.9 Å². The van der Waals surface area contributed by atoms with Crippen LogP contribution in [0, 0.1) is 0 Å². The van der Waals surface area contributed by atoms with Gasteiger partial charge in [-0.05, 0) is 32.4 Å².